The summed E-state index contributed by atoms with van der Waals surface area (Å²) in [5, 5.41) is 0. The van der Waals surface area contributed by atoms with Gasteiger partial charge in [-0.05, 0) is 42.8 Å². The Labute approximate surface area is 161 Å². The standard InChI is InChI=1S/C19H20F4N2O2S/c1-14(15-5-7-17(20)8-6-15)24-9-11-25(12-10-24)28(26,27)18-4-2-3-16(13-18)19(21,22)23/h2-8,13-14H,9-12H2,1H3/t14-/m1/s1. The van der Waals surface area contributed by atoms with E-state index in [1.165, 1.54) is 22.5 Å². The van der Waals surface area contributed by atoms with Crippen molar-refractivity contribution in [3.63, 3.8) is 0 Å². The number of sulfonamides is 1. The molecule has 0 aromatic heterocycles. The molecule has 0 N–H and O–H groups in total. The Bertz CT molecular complexity index is 922. The topological polar surface area (TPSA) is 40.6 Å². The van der Waals surface area contributed by atoms with Gasteiger partial charge in [0.2, 0.25) is 10.0 Å². The zero-order chi connectivity index (χ0) is 20.5. The van der Waals surface area contributed by atoms with Crippen molar-refractivity contribution in [3.8, 4) is 0 Å². The van der Waals surface area contributed by atoms with Crippen molar-refractivity contribution >= 4 is 10.0 Å². The van der Waals surface area contributed by atoms with Crippen molar-refractivity contribution in [1.29, 1.82) is 0 Å². The monoisotopic (exact) mass is 416 g/mol. The zero-order valence-corrected chi connectivity index (χ0v) is 16.0. The molecule has 0 unspecified atom stereocenters. The van der Waals surface area contributed by atoms with E-state index in [9.17, 15) is 26.0 Å². The van der Waals surface area contributed by atoms with Crippen LogP contribution < -0.4 is 0 Å². The largest absolute Gasteiger partial charge is 0.416 e. The van der Waals surface area contributed by atoms with Crippen LogP contribution in [-0.4, -0.2) is 43.8 Å². The van der Waals surface area contributed by atoms with E-state index in [0.29, 0.717) is 19.2 Å². The predicted molar refractivity (Wildman–Crippen MR) is 96.6 cm³/mol. The molecule has 9 heteroatoms. The Morgan fingerprint density at radius 2 is 1.57 bits per heavy atom. The Kier molecular flexibility index (Phi) is 5.79. The molecule has 1 saturated heterocycles. The fourth-order valence-corrected chi connectivity index (χ4v) is 4.73. The minimum atomic E-state index is -4.60. The van der Waals surface area contributed by atoms with Gasteiger partial charge in [-0.1, -0.05) is 18.2 Å². The summed E-state index contributed by atoms with van der Waals surface area (Å²) in [4.78, 5) is 1.70. The molecule has 0 aliphatic carbocycles. The molecular weight excluding hydrogens is 396 g/mol. The number of hydrogen-bond donors (Lipinski definition) is 0. The molecule has 1 heterocycles. The Morgan fingerprint density at radius 3 is 2.14 bits per heavy atom. The van der Waals surface area contributed by atoms with Crippen molar-refractivity contribution in [2.75, 3.05) is 26.2 Å². The third-order valence-corrected chi connectivity index (χ3v) is 6.87. The zero-order valence-electron chi connectivity index (χ0n) is 15.2. The van der Waals surface area contributed by atoms with Crippen molar-refractivity contribution in [1.82, 2.24) is 9.21 Å². The van der Waals surface area contributed by atoms with E-state index in [0.717, 1.165) is 17.7 Å². The lowest BCUT2D eigenvalue weighted by molar-refractivity contribution is -0.137. The SMILES string of the molecule is C[C@H](c1ccc(F)cc1)N1CCN(S(=O)(=O)c2cccc(C(F)(F)F)c2)CC1. The van der Waals surface area contributed by atoms with Crippen molar-refractivity contribution in [2.45, 2.75) is 24.0 Å². The van der Waals surface area contributed by atoms with Crippen LogP contribution in [0.1, 0.15) is 24.1 Å². The van der Waals surface area contributed by atoms with E-state index in [1.807, 2.05) is 6.92 Å². The summed E-state index contributed by atoms with van der Waals surface area (Å²) in [6.45, 7) is 3.14. The number of benzene rings is 2. The van der Waals surface area contributed by atoms with Crippen molar-refractivity contribution < 1.29 is 26.0 Å². The second-order valence-electron chi connectivity index (χ2n) is 6.69. The number of alkyl halides is 3. The van der Waals surface area contributed by atoms with Gasteiger partial charge >= 0.3 is 6.18 Å². The molecule has 1 fully saturated rings. The van der Waals surface area contributed by atoms with Crippen LogP contribution in [0.25, 0.3) is 0 Å². The molecule has 0 bridgehead atoms. The van der Waals surface area contributed by atoms with Crippen LogP contribution in [0.2, 0.25) is 0 Å². The van der Waals surface area contributed by atoms with Crippen LogP contribution in [0.3, 0.4) is 0 Å². The first-order chi connectivity index (χ1) is 13.1. The summed E-state index contributed by atoms with van der Waals surface area (Å²) >= 11 is 0. The highest BCUT2D eigenvalue weighted by molar-refractivity contribution is 7.89. The van der Waals surface area contributed by atoms with Gasteiger partial charge in [0.15, 0.2) is 0 Å². The van der Waals surface area contributed by atoms with E-state index in [2.05, 4.69) is 4.90 Å². The molecule has 0 saturated carbocycles. The van der Waals surface area contributed by atoms with Crippen LogP contribution in [0.5, 0.6) is 0 Å². The normalized spacial score (nSPS) is 18.2. The fourth-order valence-electron chi connectivity index (χ4n) is 3.27. The lowest BCUT2D eigenvalue weighted by Gasteiger charge is -2.37. The van der Waals surface area contributed by atoms with Gasteiger partial charge in [0.1, 0.15) is 5.82 Å². The van der Waals surface area contributed by atoms with Gasteiger partial charge < -0.3 is 0 Å². The van der Waals surface area contributed by atoms with Gasteiger partial charge in [-0.3, -0.25) is 4.90 Å². The molecular formula is C19H20F4N2O2S. The van der Waals surface area contributed by atoms with Crippen LogP contribution in [0, 0.1) is 5.82 Å². The summed E-state index contributed by atoms with van der Waals surface area (Å²) in [5.74, 6) is -0.326. The van der Waals surface area contributed by atoms with Gasteiger partial charge in [-0.2, -0.15) is 17.5 Å². The number of nitrogens with zero attached hydrogens (tertiary/aromatic N) is 2. The maximum absolute atomic E-state index is 13.1. The van der Waals surface area contributed by atoms with Gasteiger partial charge in [-0.15, -0.1) is 0 Å². The first-order valence-electron chi connectivity index (χ1n) is 8.76. The van der Waals surface area contributed by atoms with Crippen molar-refractivity contribution in [2.24, 2.45) is 0 Å². The number of halogens is 4. The molecule has 28 heavy (non-hydrogen) atoms. The quantitative estimate of drug-likeness (QED) is 0.710. The number of piperazine rings is 1. The van der Waals surface area contributed by atoms with Gasteiger partial charge in [-0.25, -0.2) is 12.8 Å². The van der Waals surface area contributed by atoms with Gasteiger partial charge in [0, 0.05) is 32.2 Å². The molecule has 1 atom stereocenters. The van der Waals surface area contributed by atoms with Crippen LogP contribution in [-0.2, 0) is 16.2 Å². The van der Waals surface area contributed by atoms with E-state index < -0.39 is 21.8 Å². The Balaban J connectivity index is 1.71. The van der Waals surface area contributed by atoms with Crippen LogP contribution in [0.4, 0.5) is 17.6 Å². The second-order valence-corrected chi connectivity index (χ2v) is 8.63. The molecule has 2 aromatic rings. The van der Waals surface area contributed by atoms with E-state index >= 15 is 0 Å². The lowest BCUT2D eigenvalue weighted by Crippen LogP contribution is -2.49. The third kappa shape index (κ3) is 4.37. The summed E-state index contributed by atoms with van der Waals surface area (Å²) in [5.41, 5.74) is -0.0762. The average molecular weight is 416 g/mol. The summed E-state index contributed by atoms with van der Waals surface area (Å²) < 4.78 is 78.4. The molecule has 1 aliphatic rings. The predicted octanol–water partition coefficient (Wildman–Crippen LogP) is 3.91. The first kappa shape index (κ1) is 20.8. The highest BCUT2D eigenvalue weighted by Gasteiger charge is 2.34. The minimum absolute atomic E-state index is 0.0287. The van der Waals surface area contributed by atoms with Gasteiger partial charge in [0.05, 0.1) is 10.5 Å². The Hall–Kier alpha value is -1.97. The summed E-state index contributed by atoms with van der Waals surface area (Å²) in [6, 6.07) is 9.89. The highest BCUT2D eigenvalue weighted by Crippen LogP contribution is 2.31. The maximum atomic E-state index is 13.1. The number of hydrogen-bond acceptors (Lipinski definition) is 3. The minimum Gasteiger partial charge on any atom is -0.294 e. The highest BCUT2D eigenvalue weighted by atomic mass is 32.2. The molecule has 0 amide bonds. The molecule has 0 radical (unpaired) electrons. The van der Waals surface area contributed by atoms with E-state index in [1.54, 1.807) is 12.1 Å². The third-order valence-electron chi connectivity index (χ3n) is 4.97. The molecule has 152 valence electrons. The fraction of sp³-hybridized carbons (Fsp3) is 0.368. The average Bonchev–Trinajstić information content (AvgIpc) is 2.67. The van der Waals surface area contributed by atoms with E-state index in [4.69, 9.17) is 0 Å². The molecule has 3 rings (SSSR count). The second kappa shape index (κ2) is 7.81. The number of rotatable bonds is 4. The van der Waals surface area contributed by atoms with Crippen LogP contribution in [0.15, 0.2) is 53.4 Å². The molecule has 2 aromatic carbocycles. The van der Waals surface area contributed by atoms with E-state index in [-0.39, 0.29) is 29.8 Å². The molecule has 4 nitrogen and oxygen atoms in total. The first-order valence-corrected chi connectivity index (χ1v) is 10.2. The summed E-state index contributed by atoms with van der Waals surface area (Å²) in [6.07, 6.45) is -4.60. The van der Waals surface area contributed by atoms with Crippen LogP contribution >= 0.6 is 0 Å². The molecule has 0 spiro atoms. The summed E-state index contributed by atoms with van der Waals surface area (Å²) in [7, 11) is -4.01. The van der Waals surface area contributed by atoms with Crippen molar-refractivity contribution in [3.05, 3.63) is 65.5 Å². The maximum Gasteiger partial charge on any atom is 0.416 e. The van der Waals surface area contributed by atoms with Gasteiger partial charge in [0.25, 0.3) is 0 Å². The lowest BCUT2D eigenvalue weighted by atomic mass is 10.1. The molecule has 1 aliphatic heterocycles. The Morgan fingerprint density at radius 1 is 0.964 bits per heavy atom. The smallest absolute Gasteiger partial charge is 0.294 e.